The highest BCUT2D eigenvalue weighted by Gasteiger charge is 2.12. The molecule has 0 spiro atoms. The molecule has 2 rings (SSSR count). The second kappa shape index (κ2) is 8.39. The van der Waals surface area contributed by atoms with Crippen LogP contribution in [0.25, 0.3) is 0 Å². The lowest BCUT2D eigenvalue weighted by Crippen LogP contribution is -2.36. The SMILES string of the molecule is O=C(COc1ccc(Br)cc1)NCC(=O)Nc1c(F)cccc1F. The predicted octanol–water partition coefficient (Wildman–Crippen LogP) is 2.86. The summed E-state index contributed by atoms with van der Waals surface area (Å²) in [5.74, 6) is -2.59. The summed E-state index contributed by atoms with van der Waals surface area (Å²) >= 11 is 3.27. The van der Waals surface area contributed by atoms with Crippen LogP contribution >= 0.6 is 15.9 Å². The van der Waals surface area contributed by atoms with Crippen molar-refractivity contribution in [2.24, 2.45) is 0 Å². The van der Waals surface area contributed by atoms with E-state index in [9.17, 15) is 18.4 Å². The molecular weight excluding hydrogens is 386 g/mol. The Morgan fingerprint density at radius 3 is 2.25 bits per heavy atom. The number of carbonyl (C=O) groups is 2. The Morgan fingerprint density at radius 1 is 1.00 bits per heavy atom. The third-order valence-electron chi connectivity index (χ3n) is 2.86. The highest BCUT2D eigenvalue weighted by Crippen LogP contribution is 2.17. The Labute approximate surface area is 145 Å². The topological polar surface area (TPSA) is 67.4 Å². The smallest absolute Gasteiger partial charge is 0.258 e. The second-order valence-corrected chi connectivity index (χ2v) is 5.58. The van der Waals surface area contributed by atoms with Gasteiger partial charge >= 0.3 is 0 Å². The molecule has 0 aliphatic rings. The molecule has 0 aliphatic heterocycles. The second-order valence-electron chi connectivity index (χ2n) is 4.66. The molecule has 2 amide bonds. The lowest BCUT2D eigenvalue weighted by molar-refractivity contribution is -0.125. The largest absolute Gasteiger partial charge is 0.484 e. The summed E-state index contributed by atoms with van der Waals surface area (Å²) in [5.41, 5.74) is -0.553. The van der Waals surface area contributed by atoms with E-state index in [0.717, 1.165) is 16.6 Å². The van der Waals surface area contributed by atoms with Gasteiger partial charge in [0.15, 0.2) is 6.61 Å². The van der Waals surface area contributed by atoms with Gasteiger partial charge in [0, 0.05) is 4.47 Å². The molecule has 2 aromatic carbocycles. The number of hydrogen-bond acceptors (Lipinski definition) is 3. The van der Waals surface area contributed by atoms with Crippen LogP contribution in [0.15, 0.2) is 46.9 Å². The normalized spacial score (nSPS) is 10.1. The van der Waals surface area contributed by atoms with E-state index >= 15 is 0 Å². The average Bonchev–Trinajstić information content (AvgIpc) is 2.56. The monoisotopic (exact) mass is 398 g/mol. The van der Waals surface area contributed by atoms with Crippen LogP contribution in [0.4, 0.5) is 14.5 Å². The molecule has 0 atom stereocenters. The summed E-state index contributed by atoms with van der Waals surface area (Å²) in [5, 5.41) is 4.36. The predicted molar refractivity (Wildman–Crippen MR) is 87.6 cm³/mol. The van der Waals surface area contributed by atoms with Gasteiger partial charge in [-0.2, -0.15) is 0 Å². The minimum absolute atomic E-state index is 0.289. The molecule has 0 bridgehead atoms. The first kappa shape index (κ1) is 17.9. The van der Waals surface area contributed by atoms with Gasteiger partial charge in [0.05, 0.1) is 6.54 Å². The number of benzene rings is 2. The zero-order chi connectivity index (χ0) is 17.5. The van der Waals surface area contributed by atoms with Crippen LogP contribution in [0.5, 0.6) is 5.75 Å². The van der Waals surface area contributed by atoms with E-state index in [0.29, 0.717) is 5.75 Å². The van der Waals surface area contributed by atoms with Gasteiger partial charge in [-0.1, -0.05) is 22.0 Å². The maximum atomic E-state index is 13.4. The quantitative estimate of drug-likeness (QED) is 0.785. The van der Waals surface area contributed by atoms with Crippen molar-refractivity contribution in [2.45, 2.75) is 0 Å². The van der Waals surface area contributed by atoms with Crippen LogP contribution in [-0.4, -0.2) is 25.0 Å². The number of carbonyl (C=O) groups excluding carboxylic acids is 2. The zero-order valence-electron chi connectivity index (χ0n) is 12.3. The molecule has 24 heavy (non-hydrogen) atoms. The van der Waals surface area contributed by atoms with Crippen molar-refractivity contribution >= 4 is 33.4 Å². The van der Waals surface area contributed by atoms with E-state index in [4.69, 9.17) is 4.74 Å². The molecule has 8 heteroatoms. The minimum Gasteiger partial charge on any atom is -0.484 e. The van der Waals surface area contributed by atoms with Crippen molar-refractivity contribution in [3.05, 3.63) is 58.6 Å². The van der Waals surface area contributed by atoms with Gasteiger partial charge in [-0.15, -0.1) is 0 Å². The van der Waals surface area contributed by atoms with Gasteiger partial charge in [-0.3, -0.25) is 9.59 Å². The Hall–Kier alpha value is -2.48. The Bertz CT molecular complexity index is 718. The number of hydrogen-bond donors (Lipinski definition) is 2. The number of ether oxygens (including phenoxy) is 1. The van der Waals surface area contributed by atoms with E-state index in [1.807, 2.05) is 0 Å². The Kier molecular flexibility index (Phi) is 6.25. The molecule has 2 N–H and O–H groups in total. The Morgan fingerprint density at radius 2 is 1.62 bits per heavy atom. The lowest BCUT2D eigenvalue weighted by atomic mass is 10.3. The fourth-order valence-corrected chi connectivity index (χ4v) is 1.97. The number of para-hydroxylation sites is 1. The highest BCUT2D eigenvalue weighted by atomic mass is 79.9. The fraction of sp³-hybridized carbons (Fsp3) is 0.125. The van der Waals surface area contributed by atoms with Crippen LogP contribution in [-0.2, 0) is 9.59 Å². The van der Waals surface area contributed by atoms with Crippen LogP contribution in [0.2, 0.25) is 0 Å². The summed E-state index contributed by atoms with van der Waals surface area (Å²) < 4.78 is 32.9. The fourth-order valence-electron chi connectivity index (χ4n) is 1.71. The summed E-state index contributed by atoms with van der Waals surface area (Å²) in [4.78, 5) is 23.2. The maximum Gasteiger partial charge on any atom is 0.258 e. The molecule has 0 heterocycles. The molecule has 0 fully saturated rings. The minimum atomic E-state index is -0.895. The molecule has 2 aromatic rings. The van der Waals surface area contributed by atoms with Gasteiger partial charge in [-0.05, 0) is 36.4 Å². The standard InChI is InChI=1S/C16H13BrF2N2O3/c17-10-4-6-11(7-5-10)24-9-15(23)20-8-14(22)21-16-12(18)2-1-3-13(16)19/h1-7H,8-9H2,(H,20,23)(H,21,22). The number of halogens is 3. The lowest BCUT2D eigenvalue weighted by Gasteiger charge is -2.09. The number of anilines is 1. The zero-order valence-corrected chi connectivity index (χ0v) is 13.9. The van der Waals surface area contributed by atoms with Crippen molar-refractivity contribution in [1.82, 2.24) is 5.32 Å². The number of nitrogens with one attached hydrogen (secondary N) is 2. The van der Waals surface area contributed by atoms with E-state index < -0.39 is 35.7 Å². The molecular formula is C16H13BrF2N2O3. The maximum absolute atomic E-state index is 13.4. The van der Waals surface area contributed by atoms with Gasteiger partial charge in [-0.25, -0.2) is 8.78 Å². The molecule has 0 saturated heterocycles. The first-order chi connectivity index (χ1) is 11.5. The molecule has 5 nitrogen and oxygen atoms in total. The van der Waals surface area contributed by atoms with Crippen molar-refractivity contribution in [3.63, 3.8) is 0 Å². The first-order valence-corrected chi connectivity index (χ1v) is 7.64. The van der Waals surface area contributed by atoms with Crippen molar-refractivity contribution in [2.75, 3.05) is 18.5 Å². The summed E-state index contributed by atoms with van der Waals surface area (Å²) in [6.07, 6.45) is 0. The van der Waals surface area contributed by atoms with Crippen molar-refractivity contribution in [3.8, 4) is 5.75 Å². The van der Waals surface area contributed by atoms with E-state index in [-0.39, 0.29) is 6.61 Å². The van der Waals surface area contributed by atoms with Gasteiger partial charge in [0.1, 0.15) is 23.1 Å². The van der Waals surface area contributed by atoms with Gasteiger partial charge in [0.25, 0.3) is 5.91 Å². The van der Waals surface area contributed by atoms with Crippen LogP contribution in [0.3, 0.4) is 0 Å². The third-order valence-corrected chi connectivity index (χ3v) is 3.39. The molecule has 126 valence electrons. The number of rotatable bonds is 6. The van der Waals surface area contributed by atoms with Gasteiger partial charge < -0.3 is 15.4 Å². The van der Waals surface area contributed by atoms with E-state index in [1.165, 1.54) is 6.07 Å². The van der Waals surface area contributed by atoms with Crippen molar-refractivity contribution < 1.29 is 23.1 Å². The summed E-state index contributed by atoms with van der Waals surface area (Å²) in [6, 6.07) is 10.1. The molecule has 0 saturated carbocycles. The first-order valence-electron chi connectivity index (χ1n) is 6.84. The molecule has 0 aromatic heterocycles. The van der Waals surface area contributed by atoms with Crippen LogP contribution in [0, 0.1) is 11.6 Å². The van der Waals surface area contributed by atoms with E-state index in [1.54, 1.807) is 24.3 Å². The summed E-state index contributed by atoms with van der Waals surface area (Å²) in [6.45, 7) is -0.723. The summed E-state index contributed by atoms with van der Waals surface area (Å²) in [7, 11) is 0. The third kappa shape index (κ3) is 5.31. The molecule has 0 radical (unpaired) electrons. The highest BCUT2D eigenvalue weighted by molar-refractivity contribution is 9.10. The van der Waals surface area contributed by atoms with E-state index in [2.05, 4.69) is 26.6 Å². The van der Waals surface area contributed by atoms with Crippen LogP contribution in [0.1, 0.15) is 0 Å². The van der Waals surface area contributed by atoms with Crippen LogP contribution < -0.4 is 15.4 Å². The molecule has 0 aliphatic carbocycles. The molecule has 0 unspecified atom stereocenters. The average molecular weight is 399 g/mol. The Balaban J connectivity index is 1.77. The van der Waals surface area contributed by atoms with Crippen molar-refractivity contribution in [1.29, 1.82) is 0 Å². The van der Waals surface area contributed by atoms with Gasteiger partial charge in [0.2, 0.25) is 5.91 Å². The number of amides is 2.